The van der Waals surface area contributed by atoms with Crippen molar-refractivity contribution in [3.05, 3.63) is 29.8 Å². The van der Waals surface area contributed by atoms with Crippen molar-refractivity contribution in [1.82, 2.24) is 16.0 Å². The molecule has 15 nitrogen and oxygen atoms in total. The summed E-state index contributed by atoms with van der Waals surface area (Å²) >= 11 is 0. The Labute approximate surface area is 232 Å². The van der Waals surface area contributed by atoms with Crippen LogP contribution in [-0.2, 0) is 30.4 Å². The maximum Gasteiger partial charge on any atom is 0.326 e. The molecule has 0 aliphatic carbocycles. The van der Waals surface area contributed by atoms with Crippen molar-refractivity contribution in [2.75, 3.05) is 6.54 Å². The van der Waals surface area contributed by atoms with E-state index in [9.17, 15) is 34.2 Å². The quantitative estimate of drug-likeness (QED) is 0.0558. The molecule has 40 heavy (non-hydrogen) atoms. The number of carboxylic acid groups (broad SMARTS) is 1. The lowest BCUT2D eigenvalue weighted by molar-refractivity contribution is -0.143. The lowest BCUT2D eigenvalue weighted by Crippen LogP contribution is -2.58. The van der Waals surface area contributed by atoms with Gasteiger partial charge in [0.25, 0.3) is 0 Å². The second-order valence-electron chi connectivity index (χ2n) is 9.75. The maximum atomic E-state index is 13.4. The van der Waals surface area contributed by atoms with Gasteiger partial charge in [-0.2, -0.15) is 0 Å². The third-order valence-electron chi connectivity index (χ3n) is 5.67. The van der Waals surface area contributed by atoms with E-state index in [0.29, 0.717) is 12.0 Å². The van der Waals surface area contributed by atoms with Crippen LogP contribution in [0.1, 0.15) is 45.1 Å². The van der Waals surface area contributed by atoms with Crippen molar-refractivity contribution in [3.8, 4) is 5.75 Å². The number of benzene rings is 1. The Morgan fingerprint density at radius 1 is 0.875 bits per heavy atom. The molecule has 13 N–H and O–H groups in total. The summed E-state index contributed by atoms with van der Waals surface area (Å²) in [7, 11) is 0. The highest BCUT2D eigenvalue weighted by Gasteiger charge is 2.31. The summed E-state index contributed by atoms with van der Waals surface area (Å²) in [5.74, 6) is -4.75. The van der Waals surface area contributed by atoms with Crippen molar-refractivity contribution < 1.29 is 34.2 Å². The first-order chi connectivity index (χ1) is 18.7. The minimum absolute atomic E-state index is 0.00593. The third-order valence-corrected chi connectivity index (χ3v) is 5.67. The summed E-state index contributed by atoms with van der Waals surface area (Å²) in [5.41, 5.74) is 22.2. The van der Waals surface area contributed by atoms with E-state index in [1.165, 1.54) is 12.1 Å². The first-order valence-corrected chi connectivity index (χ1v) is 12.7. The SMILES string of the molecule is CC(C)CC(NC(=O)C(Cc1ccc(O)cc1)NC(=O)C(N)CCCN=C(N)N)C(=O)NC(CC(N)=O)C(=O)O. The molecule has 0 saturated heterocycles. The second kappa shape index (κ2) is 16.5. The highest BCUT2D eigenvalue weighted by atomic mass is 16.4. The van der Waals surface area contributed by atoms with E-state index in [2.05, 4.69) is 20.9 Å². The number of hydrogen-bond donors (Lipinski definition) is 9. The number of aliphatic carboxylic acids is 1. The zero-order valence-electron chi connectivity index (χ0n) is 22.6. The van der Waals surface area contributed by atoms with Crippen LogP contribution < -0.4 is 38.9 Å². The van der Waals surface area contributed by atoms with Crippen LogP contribution in [0.3, 0.4) is 0 Å². The third kappa shape index (κ3) is 12.9. The zero-order valence-corrected chi connectivity index (χ0v) is 22.6. The average molecular weight is 565 g/mol. The van der Waals surface area contributed by atoms with Gasteiger partial charge in [-0.1, -0.05) is 26.0 Å². The van der Waals surface area contributed by atoms with Gasteiger partial charge in [0.15, 0.2) is 5.96 Å². The number of guanidine groups is 1. The van der Waals surface area contributed by atoms with Crippen LogP contribution in [-0.4, -0.2) is 76.5 Å². The number of carbonyl (C=O) groups is 5. The molecule has 0 bridgehead atoms. The van der Waals surface area contributed by atoms with Crippen LogP contribution in [0, 0.1) is 5.92 Å². The van der Waals surface area contributed by atoms with Gasteiger partial charge < -0.3 is 49.1 Å². The lowest BCUT2D eigenvalue weighted by Gasteiger charge is -2.26. The van der Waals surface area contributed by atoms with E-state index >= 15 is 0 Å². The number of primary amides is 1. The molecule has 0 radical (unpaired) electrons. The molecule has 0 aliphatic rings. The number of hydrogen-bond acceptors (Lipinski definition) is 8. The number of carbonyl (C=O) groups excluding carboxylic acids is 4. The Kier molecular flexibility index (Phi) is 13.9. The number of phenols is 1. The Morgan fingerprint density at radius 2 is 1.43 bits per heavy atom. The molecule has 1 aromatic carbocycles. The van der Waals surface area contributed by atoms with Crippen molar-refractivity contribution in [2.45, 2.75) is 70.1 Å². The number of rotatable bonds is 17. The van der Waals surface area contributed by atoms with Gasteiger partial charge in [0.05, 0.1) is 12.5 Å². The molecular formula is C25H40N8O7. The monoisotopic (exact) mass is 564 g/mol. The first kappa shape index (κ1) is 33.6. The van der Waals surface area contributed by atoms with Crippen LogP contribution in [0.5, 0.6) is 5.75 Å². The van der Waals surface area contributed by atoms with E-state index in [-0.39, 0.29) is 43.4 Å². The minimum Gasteiger partial charge on any atom is -0.508 e. The normalized spacial score (nSPS) is 13.8. The Balaban J connectivity index is 3.10. The first-order valence-electron chi connectivity index (χ1n) is 12.7. The molecule has 4 atom stereocenters. The highest BCUT2D eigenvalue weighted by molar-refractivity contribution is 5.95. The predicted octanol–water partition coefficient (Wildman–Crippen LogP) is -2.22. The van der Waals surface area contributed by atoms with Crippen LogP contribution in [0.15, 0.2) is 29.3 Å². The van der Waals surface area contributed by atoms with Crippen LogP contribution >= 0.6 is 0 Å². The van der Waals surface area contributed by atoms with Crippen molar-refractivity contribution in [1.29, 1.82) is 0 Å². The summed E-state index contributed by atoms with van der Waals surface area (Å²) in [6.07, 6.45) is 0.127. The molecule has 0 spiro atoms. The number of nitrogens with one attached hydrogen (secondary N) is 3. The Hall–Kier alpha value is -4.40. The largest absolute Gasteiger partial charge is 0.508 e. The number of phenolic OH excluding ortho intramolecular Hbond substituents is 1. The summed E-state index contributed by atoms with van der Waals surface area (Å²) in [6.45, 7) is 3.85. The van der Waals surface area contributed by atoms with Crippen LogP contribution in [0.2, 0.25) is 0 Å². The van der Waals surface area contributed by atoms with E-state index in [1.54, 1.807) is 26.0 Å². The molecule has 4 amide bonds. The van der Waals surface area contributed by atoms with Crippen molar-refractivity contribution >= 4 is 35.6 Å². The molecule has 0 aromatic heterocycles. The van der Waals surface area contributed by atoms with Crippen molar-refractivity contribution in [2.24, 2.45) is 33.8 Å². The summed E-state index contributed by atoms with van der Waals surface area (Å²) in [5, 5.41) is 26.3. The molecule has 15 heteroatoms. The molecular weight excluding hydrogens is 524 g/mol. The second-order valence-corrected chi connectivity index (χ2v) is 9.75. The Bertz CT molecular complexity index is 1060. The Morgan fingerprint density at radius 3 is 1.95 bits per heavy atom. The van der Waals surface area contributed by atoms with Gasteiger partial charge in [0, 0.05) is 13.0 Å². The summed E-state index contributed by atoms with van der Waals surface area (Å²) in [6, 6.07) is 1.04. The minimum atomic E-state index is -1.58. The molecule has 222 valence electrons. The van der Waals surface area contributed by atoms with Gasteiger partial charge in [0.2, 0.25) is 23.6 Å². The fourth-order valence-electron chi connectivity index (χ4n) is 3.66. The number of aliphatic imine (C=N–C) groups is 1. The average Bonchev–Trinajstić information content (AvgIpc) is 2.85. The molecule has 1 aromatic rings. The van der Waals surface area contributed by atoms with Crippen LogP contribution in [0.4, 0.5) is 0 Å². The van der Waals surface area contributed by atoms with Crippen molar-refractivity contribution in [3.63, 3.8) is 0 Å². The highest BCUT2D eigenvalue weighted by Crippen LogP contribution is 2.13. The standard InChI is InChI=1S/C25H40N8O7/c1-13(2)10-17(22(37)33-19(24(39)40)12-20(27)35)32-23(38)18(11-14-5-7-15(34)8-6-14)31-21(36)16(26)4-3-9-30-25(28)29/h5-8,13,16-19,34H,3-4,9-12,26H2,1-2H3,(H2,27,35)(H,31,36)(H,32,38)(H,33,37)(H,39,40)(H4,28,29,30). The molecule has 1 rings (SSSR count). The molecule has 4 unspecified atom stereocenters. The topological polar surface area (TPSA) is 278 Å². The van der Waals surface area contributed by atoms with Gasteiger partial charge >= 0.3 is 5.97 Å². The van der Waals surface area contributed by atoms with E-state index in [4.69, 9.17) is 22.9 Å². The number of amides is 4. The van der Waals surface area contributed by atoms with E-state index in [0.717, 1.165) is 0 Å². The van der Waals surface area contributed by atoms with Crippen LogP contribution in [0.25, 0.3) is 0 Å². The van der Waals surface area contributed by atoms with Gasteiger partial charge in [-0.3, -0.25) is 24.2 Å². The number of aromatic hydroxyl groups is 1. The van der Waals surface area contributed by atoms with E-state index < -0.39 is 60.2 Å². The molecule has 0 fully saturated rings. The smallest absolute Gasteiger partial charge is 0.326 e. The van der Waals surface area contributed by atoms with E-state index in [1.807, 2.05) is 0 Å². The molecule has 0 aliphatic heterocycles. The summed E-state index contributed by atoms with van der Waals surface area (Å²) in [4.78, 5) is 65.7. The number of carboxylic acids is 1. The fraction of sp³-hybridized carbons (Fsp3) is 0.520. The van der Waals surface area contributed by atoms with Gasteiger partial charge in [-0.05, 0) is 42.9 Å². The number of nitrogens with two attached hydrogens (primary N) is 4. The lowest BCUT2D eigenvalue weighted by atomic mass is 10.00. The molecule has 0 saturated carbocycles. The van der Waals surface area contributed by atoms with Gasteiger partial charge in [-0.15, -0.1) is 0 Å². The fourth-order valence-corrected chi connectivity index (χ4v) is 3.66. The zero-order chi connectivity index (χ0) is 30.4. The predicted molar refractivity (Wildman–Crippen MR) is 146 cm³/mol. The number of nitrogens with zero attached hydrogens (tertiary/aromatic N) is 1. The van der Waals surface area contributed by atoms with Gasteiger partial charge in [0.1, 0.15) is 23.9 Å². The maximum absolute atomic E-state index is 13.4. The van der Waals surface area contributed by atoms with Gasteiger partial charge in [-0.25, -0.2) is 4.79 Å². The summed E-state index contributed by atoms with van der Waals surface area (Å²) < 4.78 is 0. The molecule has 0 heterocycles.